The van der Waals surface area contributed by atoms with E-state index in [9.17, 15) is 19.5 Å². The Morgan fingerprint density at radius 1 is 1.06 bits per heavy atom. The van der Waals surface area contributed by atoms with Crippen molar-refractivity contribution in [2.24, 2.45) is 39.5 Å². The molecule has 32 heavy (non-hydrogen) atoms. The van der Waals surface area contributed by atoms with Gasteiger partial charge >= 0.3 is 6.09 Å². The highest BCUT2D eigenvalue weighted by Gasteiger charge is 2.61. The number of aliphatic imine (C=N–C) groups is 1. The minimum Gasteiger partial charge on any atom is -0.464 e. The molecule has 2 amide bonds. The summed E-state index contributed by atoms with van der Waals surface area (Å²) in [5.74, 6) is 0.989. The van der Waals surface area contributed by atoms with Crippen molar-refractivity contribution >= 4 is 29.2 Å². The summed E-state index contributed by atoms with van der Waals surface area (Å²) in [7, 11) is 0. The number of rotatable bonds is 2. The van der Waals surface area contributed by atoms with Crippen molar-refractivity contribution in [2.45, 2.75) is 58.8 Å². The zero-order chi connectivity index (χ0) is 22.7. The highest BCUT2D eigenvalue weighted by atomic mass is 16.4. The van der Waals surface area contributed by atoms with E-state index in [4.69, 9.17) is 4.99 Å². The van der Waals surface area contributed by atoms with Crippen molar-refractivity contribution in [2.75, 3.05) is 11.4 Å². The Morgan fingerprint density at radius 2 is 1.81 bits per heavy atom. The molecular weight excluding hydrogens is 404 g/mol. The molecule has 5 rings (SSSR count). The maximum atomic E-state index is 13.6. The third-order valence-corrected chi connectivity index (χ3v) is 9.42. The number of carbonyl (C=O) groups excluding carboxylic acids is 2. The standard InChI is InChI=1S/C26H32N2O4/c1-25-13-11-20-18(15-27-22-14-17(29)10-12-26(20,22)2)19(25)8-9-21(25)23(30)28(24(31)32)16-6-4-3-5-7-16/h3-7,18-21H,8-15H2,1-2H3,(H,31,32)/t18-,19-,20+,21?,25-,26+/m0/s1. The molecule has 1 aromatic carbocycles. The summed E-state index contributed by atoms with van der Waals surface area (Å²) in [4.78, 5) is 43.6. The fraction of sp³-hybridized carbons (Fsp3) is 0.615. The predicted octanol–water partition coefficient (Wildman–Crippen LogP) is 4.97. The van der Waals surface area contributed by atoms with E-state index in [0.29, 0.717) is 42.1 Å². The largest absolute Gasteiger partial charge is 0.464 e. The first-order chi connectivity index (χ1) is 15.3. The summed E-state index contributed by atoms with van der Waals surface area (Å²) in [5.41, 5.74) is 1.30. The first kappa shape index (κ1) is 21.4. The van der Waals surface area contributed by atoms with Crippen LogP contribution in [0.25, 0.3) is 0 Å². The quantitative estimate of drug-likeness (QED) is 0.709. The van der Waals surface area contributed by atoms with Crippen molar-refractivity contribution < 1.29 is 19.5 Å². The lowest BCUT2D eigenvalue weighted by Crippen LogP contribution is -2.55. The Balaban J connectivity index is 1.43. The molecule has 1 aromatic rings. The van der Waals surface area contributed by atoms with Gasteiger partial charge in [0, 0.05) is 36.4 Å². The normalized spacial score (nSPS) is 38.2. The van der Waals surface area contributed by atoms with Gasteiger partial charge in [0.2, 0.25) is 5.91 Å². The van der Waals surface area contributed by atoms with Gasteiger partial charge in [-0.05, 0) is 67.4 Å². The lowest BCUT2D eigenvalue weighted by Gasteiger charge is -2.56. The van der Waals surface area contributed by atoms with E-state index in [1.807, 2.05) is 6.07 Å². The number of imide groups is 1. The van der Waals surface area contributed by atoms with Gasteiger partial charge in [-0.2, -0.15) is 0 Å². The molecule has 6 nitrogen and oxygen atoms in total. The average Bonchev–Trinajstić information content (AvgIpc) is 3.12. The van der Waals surface area contributed by atoms with Crippen LogP contribution in [0.4, 0.5) is 10.5 Å². The first-order valence-corrected chi connectivity index (χ1v) is 11.9. The van der Waals surface area contributed by atoms with Gasteiger partial charge in [0.15, 0.2) is 0 Å². The first-order valence-electron chi connectivity index (χ1n) is 11.9. The summed E-state index contributed by atoms with van der Waals surface area (Å²) < 4.78 is 0. The number of para-hydroxylation sites is 1. The Morgan fingerprint density at radius 3 is 2.53 bits per heavy atom. The van der Waals surface area contributed by atoms with Gasteiger partial charge in [-0.3, -0.25) is 14.6 Å². The van der Waals surface area contributed by atoms with E-state index in [1.54, 1.807) is 24.3 Å². The molecule has 1 aliphatic heterocycles. The van der Waals surface area contributed by atoms with Crippen LogP contribution in [-0.2, 0) is 9.59 Å². The van der Waals surface area contributed by atoms with Gasteiger partial charge in [0.05, 0.1) is 5.69 Å². The van der Waals surface area contributed by atoms with Gasteiger partial charge in [-0.1, -0.05) is 32.0 Å². The number of fused-ring (bicyclic) bond motifs is 5. The van der Waals surface area contributed by atoms with Crippen molar-refractivity contribution in [1.29, 1.82) is 0 Å². The molecule has 170 valence electrons. The summed E-state index contributed by atoms with van der Waals surface area (Å²) in [6, 6.07) is 8.70. The van der Waals surface area contributed by atoms with Crippen LogP contribution in [0.5, 0.6) is 0 Å². The molecule has 0 radical (unpaired) electrons. The molecule has 0 bridgehead atoms. The van der Waals surface area contributed by atoms with Crippen LogP contribution in [0.2, 0.25) is 0 Å². The van der Waals surface area contributed by atoms with Crippen LogP contribution in [0.3, 0.4) is 0 Å². The Labute approximate surface area is 189 Å². The number of Topliss-reactive ketones (excluding diaryl/α,β-unsaturated/α-hetero) is 1. The number of nitrogens with zero attached hydrogens (tertiary/aromatic N) is 2. The average molecular weight is 437 g/mol. The highest BCUT2D eigenvalue weighted by Crippen LogP contribution is 2.64. The monoisotopic (exact) mass is 436 g/mol. The fourth-order valence-electron chi connectivity index (χ4n) is 7.68. The second-order valence-electron chi connectivity index (χ2n) is 10.8. The van der Waals surface area contributed by atoms with Crippen LogP contribution in [0, 0.1) is 34.5 Å². The summed E-state index contributed by atoms with van der Waals surface area (Å²) >= 11 is 0. The van der Waals surface area contributed by atoms with Crippen molar-refractivity contribution in [1.82, 2.24) is 0 Å². The summed E-state index contributed by atoms with van der Waals surface area (Å²) in [6.07, 6.45) is 4.44. The van der Waals surface area contributed by atoms with Gasteiger partial charge in [-0.25, -0.2) is 9.69 Å². The van der Waals surface area contributed by atoms with Crippen LogP contribution in [0.15, 0.2) is 35.3 Å². The number of anilines is 1. The topological polar surface area (TPSA) is 87.0 Å². The molecule has 4 aliphatic rings. The van der Waals surface area contributed by atoms with E-state index in [2.05, 4.69) is 13.8 Å². The molecule has 1 unspecified atom stereocenters. The van der Waals surface area contributed by atoms with Crippen LogP contribution in [-0.4, -0.2) is 35.1 Å². The molecule has 3 aliphatic carbocycles. The molecular formula is C26H32N2O4. The highest BCUT2D eigenvalue weighted by molar-refractivity contribution is 6.12. The number of ketones is 1. The number of carboxylic acid groups (broad SMARTS) is 1. The van der Waals surface area contributed by atoms with E-state index < -0.39 is 6.09 Å². The third kappa shape index (κ3) is 3.06. The predicted molar refractivity (Wildman–Crippen MR) is 122 cm³/mol. The zero-order valence-corrected chi connectivity index (χ0v) is 18.9. The smallest absolute Gasteiger partial charge is 0.418 e. The summed E-state index contributed by atoms with van der Waals surface area (Å²) in [6.45, 7) is 5.25. The fourth-order valence-corrected chi connectivity index (χ4v) is 7.68. The van der Waals surface area contributed by atoms with Crippen LogP contribution < -0.4 is 4.90 Å². The van der Waals surface area contributed by atoms with Crippen molar-refractivity contribution in [3.63, 3.8) is 0 Å². The number of hydrogen-bond acceptors (Lipinski definition) is 4. The number of carbonyl (C=O) groups is 3. The Bertz CT molecular complexity index is 989. The minimum absolute atomic E-state index is 0.00259. The van der Waals surface area contributed by atoms with E-state index >= 15 is 0 Å². The molecule has 6 heteroatoms. The number of benzene rings is 1. The molecule has 0 spiro atoms. The SMILES string of the molecule is C[C@]12CCC(=O)CC1=NC[C@@H]1[C@H]2CC[C@]2(C)C(C(=O)N(C(=O)O)c3ccccc3)CC[C@@H]12. The lowest BCUT2D eigenvalue weighted by atomic mass is 9.49. The molecule has 1 N–H and O–H groups in total. The molecule has 0 aromatic heterocycles. The molecule has 0 saturated heterocycles. The molecule has 3 fully saturated rings. The van der Waals surface area contributed by atoms with E-state index in [1.165, 1.54) is 0 Å². The summed E-state index contributed by atoms with van der Waals surface area (Å²) in [5, 5.41) is 9.87. The zero-order valence-electron chi connectivity index (χ0n) is 18.9. The molecule has 6 atom stereocenters. The maximum Gasteiger partial charge on any atom is 0.418 e. The minimum atomic E-state index is -1.21. The van der Waals surface area contributed by atoms with Gasteiger partial charge < -0.3 is 5.11 Å². The number of hydrogen-bond donors (Lipinski definition) is 1. The van der Waals surface area contributed by atoms with Gasteiger partial charge in [0.25, 0.3) is 0 Å². The maximum absolute atomic E-state index is 13.6. The van der Waals surface area contributed by atoms with E-state index in [-0.39, 0.29) is 22.7 Å². The van der Waals surface area contributed by atoms with E-state index in [0.717, 1.165) is 49.3 Å². The van der Waals surface area contributed by atoms with Gasteiger partial charge in [0.1, 0.15) is 5.78 Å². The second kappa shape index (κ2) is 7.53. The molecule has 1 heterocycles. The number of amides is 2. The van der Waals surface area contributed by atoms with Crippen LogP contribution in [0.1, 0.15) is 58.8 Å². The van der Waals surface area contributed by atoms with Crippen molar-refractivity contribution in [3.8, 4) is 0 Å². The Hall–Kier alpha value is -2.50. The van der Waals surface area contributed by atoms with Crippen molar-refractivity contribution in [3.05, 3.63) is 30.3 Å². The second-order valence-corrected chi connectivity index (χ2v) is 10.8. The molecule has 3 saturated carbocycles. The lowest BCUT2D eigenvalue weighted by molar-refractivity contribution is -0.128. The van der Waals surface area contributed by atoms with Gasteiger partial charge in [-0.15, -0.1) is 0 Å². The van der Waals surface area contributed by atoms with Crippen LogP contribution >= 0.6 is 0 Å². The Kier molecular flexibility index (Phi) is 5.02. The third-order valence-electron chi connectivity index (χ3n) is 9.42.